The topological polar surface area (TPSA) is 29.9 Å². The van der Waals surface area contributed by atoms with Gasteiger partial charge in [-0.2, -0.15) is 0 Å². The van der Waals surface area contributed by atoms with Crippen LogP contribution in [0.2, 0.25) is 0 Å². The minimum atomic E-state index is -0.134. The highest BCUT2D eigenvalue weighted by Crippen LogP contribution is 2.54. The van der Waals surface area contributed by atoms with Gasteiger partial charge in [-0.25, -0.2) is 4.98 Å². The molecular formula is C59H48BN3S. The Hall–Kier alpha value is -6.69. The molecule has 0 radical (unpaired) electrons. The lowest BCUT2D eigenvalue weighted by molar-refractivity contribution is 0.590. The maximum Gasteiger partial charge on any atom is 0.198 e. The number of fused-ring (bicyclic) bond motifs is 12. The molecule has 10 aromatic rings. The standard InChI is InChI=1S/C59H48BN3S/c1-57(2,3)34-21-23-35(24-22-34)61-49-30-47-40(36-17-11-13-19-44(36)59(47,6)7)27-42(49)38-25-26-39-43-28-46-41(37-18-12-14-20-45(37)58(46,4)5)29-51(43)63-52-32-53-50(31-48(52)60-54(38)55(39)63)62-56(64-53)33-15-9-8-10-16-33/h8-32,60-61H,1-7H3. The lowest BCUT2D eigenvalue weighted by Crippen LogP contribution is -2.37. The van der Waals surface area contributed by atoms with Gasteiger partial charge in [0.25, 0.3) is 0 Å². The van der Waals surface area contributed by atoms with E-state index < -0.39 is 0 Å². The van der Waals surface area contributed by atoms with Gasteiger partial charge in [0.2, 0.25) is 0 Å². The second-order valence-electron chi connectivity index (χ2n) is 20.5. The number of hydrogen-bond donors (Lipinski definition) is 1. The fourth-order valence-corrected chi connectivity index (χ4v) is 12.6. The first-order valence-electron chi connectivity index (χ1n) is 22.7. The molecule has 0 amide bonds. The number of anilines is 2. The molecule has 308 valence electrons. The molecule has 5 heteroatoms. The van der Waals surface area contributed by atoms with Crippen LogP contribution in [0, 0.1) is 0 Å². The van der Waals surface area contributed by atoms with Crippen molar-refractivity contribution in [2.45, 2.75) is 64.7 Å². The van der Waals surface area contributed by atoms with Crippen LogP contribution in [0.5, 0.6) is 0 Å². The van der Waals surface area contributed by atoms with Crippen molar-refractivity contribution in [2.24, 2.45) is 0 Å². The molecule has 0 atom stereocenters. The predicted molar refractivity (Wildman–Crippen MR) is 275 cm³/mol. The van der Waals surface area contributed by atoms with E-state index in [0.717, 1.165) is 34.7 Å². The average Bonchev–Trinajstić information content (AvgIpc) is 3.99. The first kappa shape index (κ1) is 37.8. The summed E-state index contributed by atoms with van der Waals surface area (Å²) in [6.07, 6.45) is 0. The van der Waals surface area contributed by atoms with E-state index in [-0.39, 0.29) is 16.2 Å². The first-order chi connectivity index (χ1) is 30.8. The van der Waals surface area contributed by atoms with E-state index in [1.54, 1.807) is 11.3 Å². The van der Waals surface area contributed by atoms with Crippen molar-refractivity contribution in [2.75, 3.05) is 5.32 Å². The number of benzene rings is 8. The summed E-state index contributed by atoms with van der Waals surface area (Å²) in [5.41, 5.74) is 25.5. The summed E-state index contributed by atoms with van der Waals surface area (Å²) < 4.78 is 3.82. The molecule has 64 heavy (non-hydrogen) atoms. The van der Waals surface area contributed by atoms with E-state index in [9.17, 15) is 0 Å². The maximum atomic E-state index is 5.27. The lowest BCUT2D eigenvalue weighted by Gasteiger charge is -2.26. The zero-order valence-electron chi connectivity index (χ0n) is 37.4. The van der Waals surface area contributed by atoms with Crippen LogP contribution in [-0.4, -0.2) is 16.8 Å². The molecule has 0 unspecified atom stereocenters. The van der Waals surface area contributed by atoms with Gasteiger partial charge in [0.15, 0.2) is 7.28 Å². The highest BCUT2D eigenvalue weighted by Gasteiger charge is 2.39. The third-order valence-corrected chi connectivity index (χ3v) is 16.1. The minimum Gasteiger partial charge on any atom is -0.355 e. The summed E-state index contributed by atoms with van der Waals surface area (Å²) in [4.78, 5) is 5.27. The monoisotopic (exact) mass is 841 g/mol. The molecule has 3 heterocycles. The molecule has 0 fully saturated rings. The van der Waals surface area contributed by atoms with Gasteiger partial charge in [-0.15, -0.1) is 11.3 Å². The molecule has 13 rings (SSSR count). The Labute approximate surface area is 379 Å². The van der Waals surface area contributed by atoms with Crippen LogP contribution < -0.4 is 16.2 Å². The molecule has 1 N–H and O–H groups in total. The number of hydrogen-bond acceptors (Lipinski definition) is 3. The van der Waals surface area contributed by atoms with Crippen LogP contribution in [-0.2, 0) is 16.2 Å². The van der Waals surface area contributed by atoms with Crippen molar-refractivity contribution in [1.82, 2.24) is 9.55 Å². The maximum absolute atomic E-state index is 5.27. The van der Waals surface area contributed by atoms with E-state index in [4.69, 9.17) is 4.98 Å². The molecule has 1 aliphatic heterocycles. The van der Waals surface area contributed by atoms with Gasteiger partial charge < -0.3 is 9.88 Å². The molecule has 2 aromatic heterocycles. The van der Waals surface area contributed by atoms with Crippen LogP contribution in [0.15, 0.2) is 152 Å². The fourth-order valence-electron chi connectivity index (χ4n) is 11.6. The number of thiazole rings is 1. The summed E-state index contributed by atoms with van der Waals surface area (Å²) in [7, 11) is 0.805. The molecule has 8 aromatic carbocycles. The summed E-state index contributed by atoms with van der Waals surface area (Å²) in [5, 5.41) is 7.68. The molecule has 2 aliphatic carbocycles. The molecule has 0 saturated heterocycles. The Kier molecular flexibility index (Phi) is 7.66. The summed E-state index contributed by atoms with van der Waals surface area (Å²) in [5.74, 6) is 0. The normalized spacial score (nSPS) is 14.9. The Morgan fingerprint density at radius 1 is 0.578 bits per heavy atom. The minimum absolute atomic E-state index is 0.0758. The average molecular weight is 842 g/mol. The zero-order valence-corrected chi connectivity index (χ0v) is 38.3. The highest BCUT2D eigenvalue weighted by molar-refractivity contribution is 7.21. The highest BCUT2D eigenvalue weighted by atomic mass is 32.1. The summed E-state index contributed by atoms with van der Waals surface area (Å²) in [6.45, 7) is 16.4. The van der Waals surface area contributed by atoms with Crippen LogP contribution >= 0.6 is 11.3 Å². The van der Waals surface area contributed by atoms with Crippen molar-refractivity contribution < 1.29 is 0 Å². The quantitative estimate of drug-likeness (QED) is 0.179. The van der Waals surface area contributed by atoms with Crippen LogP contribution in [0.3, 0.4) is 0 Å². The first-order valence-corrected chi connectivity index (χ1v) is 23.6. The van der Waals surface area contributed by atoms with Crippen molar-refractivity contribution >= 4 is 72.9 Å². The SMILES string of the molecule is CC(C)(C)c1ccc(Nc2cc3c(cc2-c2ccc4c5cc6c(cc5n5c4c2Bc2cc4nc(-c7ccccc7)sc4cc2-5)-c2ccccc2C6(C)C)-c2ccccc2C3(C)C)cc1. The van der Waals surface area contributed by atoms with Crippen molar-refractivity contribution in [1.29, 1.82) is 0 Å². The van der Waals surface area contributed by atoms with Crippen LogP contribution in [0.25, 0.3) is 81.7 Å². The van der Waals surface area contributed by atoms with Gasteiger partial charge in [0.1, 0.15) is 5.01 Å². The van der Waals surface area contributed by atoms with Crippen LogP contribution in [0.1, 0.15) is 76.3 Å². The predicted octanol–water partition coefficient (Wildman–Crippen LogP) is 14.1. The van der Waals surface area contributed by atoms with E-state index in [1.165, 1.54) is 104 Å². The molecule has 0 spiro atoms. The molecule has 0 bridgehead atoms. The second kappa shape index (κ2) is 13.0. The fraction of sp³-hybridized carbons (Fsp3) is 0.169. The molecule has 0 saturated carbocycles. The Balaban J connectivity index is 1.09. The Morgan fingerprint density at radius 3 is 1.94 bits per heavy atom. The molecule has 3 aliphatic rings. The summed E-state index contributed by atoms with van der Waals surface area (Å²) >= 11 is 1.79. The number of rotatable bonds is 4. The van der Waals surface area contributed by atoms with Gasteiger partial charge in [-0.1, -0.05) is 157 Å². The number of nitrogens with one attached hydrogen (secondary N) is 1. The number of nitrogens with zero attached hydrogens (tertiary/aromatic N) is 2. The van der Waals surface area contributed by atoms with Gasteiger partial charge in [-0.05, 0) is 115 Å². The zero-order chi connectivity index (χ0) is 43.4. The summed E-state index contributed by atoms with van der Waals surface area (Å²) in [6, 6.07) is 57.4. The van der Waals surface area contributed by atoms with Crippen molar-refractivity contribution in [3.8, 4) is 49.6 Å². The third-order valence-electron chi connectivity index (χ3n) is 15.0. The largest absolute Gasteiger partial charge is 0.355 e. The van der Waals surface area contributed by atoms with E-state index in [2.05, 4.69) is 210 Å². The van der Waals surface area contributed by atoms with Gasteiger partial charge in [0.05, 0.1) is 15.7 Å². The number of aromatic nitrogens is 2. The van der Waals surface area contributed by atoms with Crippen molar-refractivity contribution in [3.05, 3.63) is 179 Å². The van der Waals surface area contributed by atoms with Crippen LogP contribution in [0.4, 0.5) is 11.4 Å². The van der Waals surface area contributed by atoms with Gasteiger partial charge in [-0.3, -0.25) is 0 Å². The Morgan fingerprint density at radius 2 is 1.23 bits per heavy atom. The third kappa shape index (κ3) is 5.25. The lowest BCUT2D eigenvalue weighted by atomic mass is 9.59. The van der Waals surface area contributed by atoms with Gasteiger partial charge >= 0.3 is 0 Å². The molecular weight excluding hydrogens is 794 g/mol. The second-order valence-corrected chi connectivity index (χ2v) is 21.5. The Bertz CT molecular complexity index is 3640. The van der Waals surface area contributed by atoms with Gasteiger partial charge in [0, 0.05) is 55.3 Å². The van der Waals surface area contributed by atoms with E-state index in [1.807, 2.05) is 0 Å². The van der Waals surface area contributed by atoms with E-state index in [0.29, 0.717) is 0 Å². The van der Waals surface area contributed by atoms with Crippen molar-refractivity contribution in [3.63, 3.8) is 0 Å². The molecule has 3 nitrogen and oxygen atoms in total. The smallest absolute Gasteiger partial charge is 0.198 e. The van der Waals surface area contributed by atoms with E-state index >= 15 is 0 Å².